The normalized spacial score (nSPS) is 22.0. The van der Waals surface area contributed by atoms with Crippen molar-refractivity contribution in [3.05, 3.63) is 59.3 Å². The molecule has 166 valence electrons. The molecule has 0 radical (unpaired) electrons. The van der Waals surface area contributed by atoms with Crippen molar-refractivity contribution in [1.82, 2.24) is 9.88 Å². The number of benzene rings is 1. The number of fused-ring (bicyclic) bond motifs is 1. The minimum atomic E-state index is -0.152. The number of unbranched alkanes of at least 4 members (excludes halogenated alkanes) is 1. The van der Waals surface area contributed by atoms with Crippen LogP contribution in [0.4, 0.5) is 5.82 Å². The van der Waals surface area contributed by atoms with E-state index >= 15 is 0 Å². The van der Waals surface area contributed by atoms with Gasteiger partial charge in [0.2, 0.25) is 0 Å². The molecule has 0 spiro atoms. The minimum absolute atomic E-state index is 0.152. The van der Waals surface area contributed by atoms with E-state index in [4.69, 9.17) is 9.72 Å². The number of carbonyl (C=O) groups excluding carboxylic acids is 1. The molecule has 2 aromatic rings. The van der Waals surface area contributed by atoms with Crippen molar-refractivity contribution in [3.63, 3.8) is 0 Å². The zero-order valence-corrected chi connectivity index (χ0v) is 18.8. The van der Waals surface area contributed by atoms with E-state index in [1.165, 1.54) is 17.7 Å². The van der Waals surface area contributed by atoms with E-state index in [1.54, 1.807) is 6.92 Å². The van der Waals surface area contributed by atoms with Gasteiger partial charge in [-0.05, 0) is 62.1 Å². The molecule has 2 aliphatic rings. The van der Waals surface area contributed by atoms with Crippen LogP contribution in [-0.2, 0) is 16.0 Å². The molecule has 3 heterocycles. The van der Waals surface area contributed by atoms with Crippen molar-refractivity contribution in [1.29, 1.82) is 0 Å². The Bertz CT molecular complexity index is 870. The number of anilines is 1. The highest BCUT2D eigenvalue weighted by molar-refractivity contribution is 5.83. The van der Waals surface area contributed by atoms with Gasteiger partial charge in [-0.1, -0.05) is 43.3 Å². The molecule has 1 N–H and O–H groups in total. The maximum absolute atomic E-state index is 12.3. The van der Waals surface area contributed by atoms with Gasteiger partial charge >= 0.3 is 0 Å². The summed E-state index contributed by atoms with van der Waals surface area (Å²) < 4.78 is 6.16. The first kappa shape index (κ1) is 22.0. The molecule has 1 saturated heterocycles. The maximum Gasteiger partial charge on any atom is 0.151 e. The molecule has 4 rings (SSSR count). The summed E-state index contributed by atoms with van der Waals surface area (Å²) in [5, 5.41) is 3.44. The molecule has 1 fully saturated rings. The van der Waals surface area contributed by atoms with E-state index in [0.717, 1.165) is 63.3 Å². The Labute approximate surface area is 186 Å². The van der Waals surface area contributed by atoms with E-state index < -0.39 is 0 Å². The number of hydrogen-bond acceptors (Lipinski definition) is 5. The first-order valence-electron chi connectivity index (χ1n) is 11.8. The quantitative estimate of drug-likeness (QED) is 0.593. The van der Waals surface area contributed by atoms with Gasteiger partial charge in [-0.25, -0.2) is 4.98 Å². The Hall–Kier alpha value is -2.24. The van der Waals surface area contributed by atoms with E-state index in [-0.39, 0.29) is 17.9 Å². The molecule has 31 heavy (non-hydrogen) atoms. The van der Waals surface area contributed by atoms with Gasteiger partial charge in [0, 0.05) is 31.9 Å². The number of ketones is 1. The molecule has 3 atom stereocenters. The molecule has 1 aromatic heterocycles. The van der Waals surface area contributed by atoms with Crippen LogP contribution in [0.25, 0.3) is 0 Å². The minimum Gasteiger partial charge on any atom is -0.377 e. The SMILES string of the molecule is CC(=O)[C@@H](c1ccccc1)N1CC[C@@H](OCCCCc2ccc3c(n2)NCCC3C)C1. The van der Waals surface area contributed by atoms with Crippen molar-refractivity contribution in [3.8, 4) is 0 Å². The molecular weight excluding hydrogens is 386 g/mol. The smallest absolute Gasteiger partial charge is 0.151 e. The van der Waals surface area contributed by atoms with Crippen LogP contribution in [0.1, 0.15) is 68.3 Å². The highest BCUT2D eigenvalue weighted by Gasteiger charge is 2.32. The maximum atomic E-state index is 12.3. The second-order valence-corrected chi connectivity index (χ2v) is 9.01. The number of nitrogens with one attached hydrogen (secondary N) is 1. The average Bonchev–Trinajstić information content (AvgIpc) is 3.22. The molecule has 0 amide bonds. The van der Waals surface area contributed by atoms with Gasteiger partial charge < -0.3 is 10.1 Å². The summed E-state index contributed by atoms with van der Waals surface area (Å²) in [6.45, 7) is 7.50. The van der Waals surface area contributed by atoms with E-state index in [1.807, 2.05) is 30.3 Å². The number of pyridine rings is 1. The van der Waals surface area contributed by atoms with Gasteiger partial charge in [-0.2, -0.15) is 0 Å². The van der Waals surface area contributed by atoms with Crippen molar-refractivity contribution >= 4 is 11.6 Å². The Kier molecular flexibility index (Phi) is 7.36. The highest BCUT2D eigenvalue weighted by Crippen LogP contribution is 2.30. The number of aromatic nitrogens is 1. The topological polar surface area (TPSA) is 54.5 Å². The van der Waals surface area contributed by atoms with Crippen molar-refractivity contribution in [2.24, 2.45) is 0 Å². The third kappa shape index (κ3) is 5.52. The van der Waals surface area contributed by atoms with Crippen LogP contribution in [0.5, 0.6) is 0 Å². The molecule has 0 bridgehead atoms. The fourth-order valence-corrected chi connectivity index (χ4v) is 4.87. The number of hydrogen-bond donors (Lipinski definition) is 1. The zero-order valence-electron chi connectivity index (χ0n) is 18.8. The lowest BCUT2D eigenvalue weighted by atomic mass is 9.95. The predicted molar refractivity (Wildman–Crippen MR) is 124 cm³/mol. The van der Waals surface area contributed by atoms with E-state index in [9.17, 15) is 4.79 Å². The third-order valence-corrected chi connectivity index (χ3v) is 6.61. The van der Waals surface area contributed by atoms with Crippen LogP contribution >= 0.6 is 0 Å². The third-order valence-electron chi connectivity index (χ3n) is 6.61. The molecule has 5 nitrogen and oxygen atoms in total. The van der Waals surface area contributed by atoms with E-state index in [2.05, 4.69) is 29.3 Å². The molecule has 5 heteroatoms. The van der Waals surface area contributed by atoms with Gasteiger partial charge in [0.25, 0.3) is 0 Å². The number of rotatable bonds is 9. The number of ether oxygens (including phenoxy) is 1. The summed E-state index contributed by atoms with van der Waals surface area (Å²) >= 11 is 0. The molecule has 1 unspecified atom stereocenters. The Balaban J connectivity index is 1.19. The average molecular weight is 422 g/mol. The number of Topliss-reactive ketones (excluding diaryl/α,β-unsaturated/α-hetero) is 1. The number of likely N-dealkylation sites (tertiary alicyclic amines) is 1. The van der Waals surface area contributed by atoms with Gasteiger partial charge in [0.15, 0.2) is 5.78 Å². The van der Waals surface area contributed by atoms with E-state index in [0.29, 0.717) is 5.92 Å². The van der Waals surface area contributed by atoms with Crippen LogP contribution in [-0.4, -0.2) is 48.0 Å². The van der Waals surface area contributed by atoms with Gasteiger partial charge in [0.05, 0.1) is 12.1 Å². The fourth-order valence-electron chi connectivity index (χ4n) is 4.87. The van der Waals surface area contributed by atoms with Crippen molar-refractivity contribution in [2.75, 3.05) is 31.6 Å². The Morgan fingerprint density at radius 1 is 1.19 bits per heavy atom. The largest absolute Gasteiger partial charge is 0.377 e. The van der Waals surface area contributed by atoms with Crippen molar-refractivity contribution < 1.29 is 9.53 Å². The lowest BCUT2D eigenvalue weighted by Crippen LogP contribution is -2.32. The highest BCUT2D eigenvalue weighted by atomic mass is 16.5. The van der Waals surface area contributed by atoms with Gasteiger partial charge in [-0.3, -0.25) is 9.69 Å². The van der Waals surface area contributed by atoms with Gasteiger partial charge in [0.1, 0.15) is 5.82 Å². The lowest BCUT2D eigenvalue weighted by Gasteiger charge is -2.26. The van der Waals surface area contributed by atoms with Crippen LogP contribution < -0.4 is 5.32 Å². The summed E-state index contributed by atoms with van der Waals surface area (Å²) in [4.78, 5) is 19.4. The van der Waals surface area contributed by atoms with Gasteiger partial charge in [-0.15, -0.1) is 0 Å². The lowest BCUT2D eigenvalue weighted by molar-refractivity contribution is -0.122. The second kappa shape index (κ2) is 10.4. The van der Waals surface area contributed by atoms with Crippen LogP contribution in [0.2, 0.25) is 0 Å². The summed E-state index contributed by atoms with van der Waals surface area (Å²) in [5.74, 6) is 1.88. The van der Waals surface area contributed by atoms with Crippen LogP contribution in [0.3, 0.4) is 0 Å². The summed E-state index contributed by atoms with van der Waals surface area (Å²) in [6, 6.07) is 14.4. The summed E-state index contributed by atoms with van der Waals surface area (Å²) in [6.07, 6.45) is 5.50. The Morgan fingerprint density at radius 2 is 2.03 bits per heavy atom. The fraction of sp³-hybridized carbons (Fsp3) is 0.538. The molecular formula is C26H35N3O2. The molecule has 0 saturated carbocycles. The second-order valence-electron chi connectivity index (χ2n) is 9.01. The number of aryl methyl sites for hydroxylation is 1. The monoisotopic (exact) mass is 421 g/mol. The van der Waals surface area contributed by atoms with Crippen molar-refractivity contribution in [2.45, 2.75) is 64.0 Å². The standard InChI is InChI=1S/C26H35N3O2/c1-19-13-15-27-26-24(19)12-11-22(28-26)10-6-7-17-31-23-14-16-29(18-23)25(20(2)30)21-8-4-3-5-9-21/h3-5,8-9,11-12,19,23,25H,6-7,10,13-18H2,1-2H3,(H,27,28)/t19?,23-,25+/m1/s1. The predicted octanol–water partition coefficient (Wildman–Crippen LogP) is 4.74. The summed E-state index contributed by atoms with van der Waals surface area (Å²) in [7, 11) is 0. The van der Waals surface area contributed by atoms with Crippen LogP contribution in [0.15, 0.2) is 42.5 Å². The number of carbonyl (C=O) groups is 1. The molecule has 2 aliphatic heterocycles. The Morgan fingerprint density at radius 3 is 2.84 bits per heavy atom. The van der Waals surface area contributed by atoms with Crippen LogP contribution in [0, 0.1) is 0 Å². The summed E-state index contributed by atoms with van der Waals surface area (Å²) in [5.41, 5.74) is 3.60. The molecule has 0 aliphatic carbocycles. The molecule has 1 aromatic carbocycles. The first-order chi connectivity index (χ1) is 15.1. The first-order valence-corrected chi connectivity index (χ1v) is 11.8. The number of nitrogens with zero attached hydrogens (tertiary/aromatic N) is 2. The zero-order chi connectivity index (χ0) is 21.6.